The van der Waals surface area contributed by atoms with Crippen molar-refractivity contribution >= 4 is 11.8 Å². The van der Waals surface area contributed by atoms with E-state index in [1.54, 1.807) is 34.9 Å². The minimum atomic E-state index is -0.739. The van der Waals surface area contributed by atoms with Crippen molar-refractivity contribution in [2.75, 3.05) is 14.2 Å². The lowest BCUT2D eigenvalue weighted by atomic mass is 10.1. The summed E-state index contributed by atoms with van der Waals surface area (Å²) in [6.07, 6.45) is 0. The standard InChI is InChI=1S/C24H21F3N4O2S/c1-32-20-11-6-14(12-21(20)33-2)22(28)23-29-30-24(31(23)16-9-7-15(25)8-10-16)34-13-17-18(26)4-3-5-19(17)27/h3-12,22H,13,28H2,1-2H3. The van der Waals surface area contributed by atoms with Gasteiger partial charge in [0, 0.05) is 17.0 Å². The van der Waals surface area contributed by atoms with E-state index in [0.29, 0.717) is 33.7 Å². The molecule has 1 unspecified atom stereocenters. The number of hydrogen-bond donors (Lipinski definition) is 1. The maximum atomic E-state index is 14.1. The maximum Gasteiger partial charge on any atom is 0.196 e. The van der Waals surface area contributed by atoms with Gasteiger partial charge in [-0.25, -0.2) is 13.2 Å². The van der Waals surface area contributed by atoms with Crippen LogP contribution in [0.1, 0.15) is 23.0 Å². The van der Waals surface area contributed by atoms with Crippen molar-refractivity contribution in [2.24, 2.45) is 5.73 Å². The Bertz CT molecular complexity index is 1280. The molecule has 2 N–H and O–H groups in total. The van der Waals surface area contributed by atoms with Gasteiger partial charge in [0.15, 0.2) is 22.5 Å². The molecular weight excluding hydrogens is 465 g/mol. The van der Waals surface area contributed by atoms with Crippen LogP contribution in [0.2, 0.25) is 0 Å². The summed E-state index contributed by atoms with van der Waals surface area (Å²) in [6, 6.07) is 13.9. The molecule has 10 heteroatoms. The summed E-state index contributed by atoms with van der Waals surface area (Å²) in [5.74, 6) is -0.344. The lowest BCUT2D eigenvalue weighted by molar-refractivity contribution is 0.354. The molecule has 4 rings (SSSR count). The van der Waals surface area contributed by atoms with Crippen LogP contribution in [-0.4, -0.2) is 29.0 Å². The van der Waals surface area contributed by atoms with Crippen LogP contribution >= 0.6 is 11.8 Å². The van der Waals surface area contributed by atoms with Crippen LogP contribution in [0.25, 0.3) is 5.69 Å². The molecule has 0 saturated carbocycles. The summed E-state index contributed by atoms with van der Waals surface area (Å²) in [4.78, 5) is 0. The number of thioether (sulfide) groups is 1. The molecular formula is C24H21F3N4O2S. The molecule has 3 aromatic carbocycles. The van der Waals surface area contributed by atoms with E-state index in [4.69, 9.17) is 15.2 Å². The topological polar surface area (TPSA) is 75.2 Å². The molecule has 1 aromatic heterocycles. The molecule has 1 atom stereocenters. The highest BCUT2D eigenvalue weighted by Crippen LogP contribution is 2.34. The van der Waals surface area contributed by atoms with E-state index in [-0.39, 0.29) is 11.3 Å². The molecule has 0 bridgehead atoms. The first-order valence-corrected chi connectivity index (χ1v) is 11.2. The summed E-state index contributed by atoms with van der Waals surface area (Å²) in [5, 5.41) is 8.82. The first-order valence-electron chi connectivity index (χ1n) is 10.2. The summed E-state index contributed by atoms with van der Waals surface area (Å²) < 4.78 is 54.1. The number of aromatic nitrogens is 3. The first kappa shape index (κ1) is 23.7. The Morgan fingerprint density at radius 3 is 2.24 bits per heavy atom. The Balaban J connectivity index is 1.74. The Hall–Kier alpha value is -3.50. The van der Waals surface area contributed by atoms with Gasteiger partial charge in [0.05, 0.1) is 20.3 Å². The average molecular weight is 487 g/mol. The number of benzene rings is 3. The third-order valence-electron chi connectivity index (χ3n) is 5.20. The van der Waals surface area contributed by atoms with E-state index >= 15 is 0 Å². The second-order valence-corrected chi connectivity index (χ2v) is 8.18. The Labute approximate surface area is 198 Å². The highest BCUT2D eigenvalue weighted by Gasteiger charge is 2.23. The van der Waals surface area contributed by atoms with Crippen molar-refractivity contribution in [1.29, 1.82) is 0 Å². The molecule has 0 aliphatic heterocycles. The zero-order valence-electron chi connectivity index (χ0n) is 18.3. The fourth-order valence-corrected chi connectivity index (χ4v) is 4.39. The zero-order chi connectivity index (χ0) is 24.2. The highest BCUT2D eigenvalue weighted by molar-refractivity contribution is 7.98. The molecule has 0 aliphatic rings. The van der Waals surface area contributed by atoms with Gasteiger partial charge in [-0.1, -0.05) is 23.9 Å². The van der Waals surface area contributed by atoms with Crippen LogP contribution in [0.15, 0.2) is 65.8 Å². The van der Waals surface area contributed by atoms with Gasteiger partial charge in [0.25, 0.3) is 0 Å². The van der Waals surface area contributed by atoms with Crippen molar-refractivity contribution in [2.45, 2.75) is 17.0 Å². The van der Waals surface area contributed by atoms with E-state index in [0.717, 1.165) is 11.8 Å². The quantitative estimate of drug-likeness (QED) is 0.352. The number of hydrogen-bond acceptors (Lipinski definition) is 6. The van der Waals surface area contributed by atoms with Gasteiger partial charge >= 0.3 is 0 Å². The number of halogens is 3. The van der Waals surface area contributed by atoms with E-state index < -0.39 is 23.5 Å². The van der Waals surface area contributed by atoms with Crippen LogP contribution in [0.5, 0.6) is 11.5 Å². The SMILES string of the molecule is COc1ccc(C(N)c2nnc(SCc3c(F)cccc3F)n2-c2ccc(F)cc2)cc1OC. The molecule has 0 radical (unpaired) electrons. The minimum Gasteiger partial charge on any atom is -0.493 e. The Morgan fingerprint density at radius 2 is 1.59 bits per heavy atom. The van der Waals surface area contributed by atoms with Crippen molar-refractivity contribution < 1.29 is 22.6 Å². The average Bonchev–Trinajstić information content (AvgIpc) is 3.27. The second-order valence-electron chi connectivity index (χ2n) is 7.23. The molecule has 176 valence electrons. The Morgan fingerprint density at radius 1 is 0.912 bits per heavy atom. The molecule has 0 fully saturated rings. The smallest absolute Gasteiger partial charge is 0.196 e. The van der Waals surface area contributed by atoms with E-state index in [9.17, 15) is 13.2 Å². The van der Waals surface area contributed by atoms with Crippen LogP contribution in [0.4, 0.5) is 13.2 Å². The third kappa shape index (κ3) is 4.73. The van der Waals surface area contributed by atoms with Gasteiger partial charge < -0.3 is 15.2 Å². The lowest BCUT2D eigenvalue weighted by Crippen LogP contribution is -2.18. The zero-order valence-corrected chi connectivity index (χ0v) is 19.2. The van der Waals surface area contributed by atoms with Gasteiger partial charge in [-0.05, 0) is 54.1 Å². The van der Waals surface area contributed by atoms with E-state index in [1.807, 2.05) is 0 Å². The second kappa shape index (κ2) is 10.2. The van der Waals surface area contributed by atoms with Gasteiger partial charge in [-0.15, -0.1) is 10.2 Å². The van der Waals surface area contributed by atoms with Crippen LogP contribution in [0, 0.1) is 17.5 Å². The monoisotopic (exact) mass is 486 g/mol. The van der Waals surface area contributed by atoms with E-state index in [2.05, 4.69) is 10.2 Å². The number of methoxy groups -OCH3 is 2. The molecule has 4 aromatic rings. The van der Waals surface area contributed by atoms with Crippen molar-refractivity contribution in [1.82, 2.24) is 14.8 Å². The number of nitrogens with zero attached hydrogens (tertiary/aromatic N) is 3. The molecule has 0 amide bonds. The predicted molar refractivity (Wildman–Crippen MR) is 123 cm³/mol. The molecule has 0 aliphatic carbocycles. The lowest BCUT2D eigenvalue weighted by Gasteiger charge is -2.17. The largest absolute Gasteiger partial charge is 0.493 e. The molecule has 6 nitrogen and oxygen atoms in total. The summed E-state index contributed by atoms with van der Waals surface area (Å²) in [6.45, 7) is 0. The molecule has 34 heavy (non-hydrogen) atoms. The van der Waals surface area contributed by atoms with Crippen LogP contribution < -0.4 is 15.2 Å². The summed E-state index contributed by atoms with van der Waals surface area (Å²) in [5.41, 5.74) is 7.69. The van der Waals surface area contributed by atoms with Crippen molar-refractivity contribution in [3.05, 3.63) is 95.1 Å². The normalized spacial score (nSPS) is 11.9. The number of rotatable bonds is 8. The van der Waals surface area contributed by atoms with Crippen molar-refractivity contribution in [3.63, 3.8) is 0 Å². The molecule has 0 saturated heterocycles. The van der Waals surface area contributed by atoms with Gasteiger partial charge in [0.1, 0.15) is 17.5 Å². The molecule has 1 heterocycles. The van der Waals surface area contributed by atoms with Crippen LogP contribution in [0.3, 0.4) is 0 Å². The fraction of sp³-hybridized carbons (Fsp3) is 0.167. The fourth-order valence-electron chi connectivity index (χ4n) is 3.41. The first-order chi connectivity index (χ1) is 16.4. The van der Waals surface area contributed by atoms with Gasteiger partial charge in [-0.3, -0.25) is 4.57 Å². The highest BCUT2D eigenvalue weighted by atomic mass is 32.2. The number of ether oxygens (including phenoxy) is 2. The predicted octanol–water partition coefficient (Wildman–Crippen LogP) is 5.04. The Kier molecular flexibility index (Phi) is 7.09. The van der Waals surface area contributed by atoms with Crippen LogP contribution in [-0.2, 0) is 5.75 Å². The third-order valence-corrected chi connectivity index (χ3v) is 6.15. The maximum absolute atomic E-state index is 14.1. The summed E-state index contributed by atoms with van der Waals surface area (Å²) in [7, 11) is 3.05. The van der Waals surface area contributed by atoms with E-state index in [1.165, 1.54) is 44.6 Å². The van der Waals surface area contributed by atoms with Gasteiger partial charge in [-0.2, -0.15) is 0 Å². The molecule has 0 spiro atoms. The number of nitrogens with two attached hydrogens (primary N) is 1. The summed E-state index contributed by atoms with van der Waals surface area (Å²) >= 11 is 1.09. The van der Waals surface area contributed by atoms with Crippen molar-refractivity contribution in [3.8, 4) is 17.2 Å². The van der Waals surface area contributed by atoms with Gasteiger partial charge in [0.2, 0.25) is 0 Å². The minimum absolute atomic E-state index is 0.0244.